The summed E-state index contributed by atoms with van der Waals surface area (Å²) in [5, 5.41) is 13.4. The highest BCUT2D eigenvalue weighted by Gasteiger charge is 2.33. The molecule has 0 saturated heterocycles. The van der Waals surface area contributed by atoms with Crippen LogP contribution in [0.4, 0.5) is 0 Å². The molecule has 118 valence electrons. The summed E-state index contributed by atoms with van der Waals surface area (Å²) in [6.45, 7) is 6.20. The Balaban J connectivity index is 1.89. The molecule has 0 spiro atoms. The Morgan fingerprint density at radius 2 is 2.10 bits per heavy atom. The maximum absolute atomic E-state index is 9.80. The molecular formula is C18H29NO2. The molecule has 0 aliphatic heterocycles. The topological polar surface area (TPSA) is 41.5 Å². The van der Waals surface area contributed by atoms with Gasteiger partial charge in [-0.05, 0) is 42.9 Å². The predicted molar refractivity (Wildman–Crippen MR) is 86.5 cm³/mol. The summed E-state index contributed by atoms with van der Waals surface area (Å²) in [5.74, 6) is 1.63. The van der Waals surface area contributed by atoms with E-state index in [0.29, 0.717) is 5.92 Å². The van der Waals surface area contributed by atoms with Crippen LogP contribution < -0.4 is 10.1 Å². The molecule has 2 N–H and O–H groups in total. The molecule has 2 rings (SSSR count). The van der Waals surface area contributed by atoms with Gasteiger partial charge in [0.1, 0.15) is 5.75 Å². The molecular weight excluding hydrogens is 262 g/mol. The maximum atomic E-state index is 9.80. The lowest BCUT2D eigenvalue weighted by atomic mass is 9.77. The Morgan fingerprint density at radius 1 is 1.33 bits per heavy atom. The third-order valence-electron chi connectivity index (χ3n) is 4.46. The molecule has 1 fully saturated rings. The zero-order chi connectivity index (χ0) is 15.1. The van der Waals surface area contributed by atoms with Crippen molar-refractivity contribution in [3.63, 3.8) is 0 Å². The monoisotopic (exact) mass is 291 g/mol. The average Bonchev–Trinajstić information content (AvgIpc) is 2.52. The lowest BCUT2D eigenvalue weighted by Crippen LogP contribution is -2.51. The third-order valence-corrected chi connectivity index (χ3v) is 4.46. The van der Waals surface area contributed by atoms with E-state index in [-0.39, 0.29) is 12.1 Å². The largest absolute Gasteiger partial charge is 0.494 e. The molecule has 1 aromatic carbocycles. The summed E-state index contributed by atoms with van der Waals surface area (Å²) >= 11 is 0. The fraction of sp³-hybridized carbons (Fsp3) is 0.667. The van der Waals surface area contributed by atoms with E-state index in [2.05, 4.69) is 31.3 Å². The summed E-state index contributed by atoms with van der Waals surface area (Å²) in [6, 6.07) is 8.27. The van der Waals surface area contributed by atoms with E-state index in [1.165, 1.54) is 18.4 Å². The number of ether oxygens (including phenoxy) is 1. The van der Waals surface area contributed by atoms with Crippen molar-refractivity contribution in [2.24, 2.45) is 5.92 Å². The van der Waals surface area contributed by atoms with Crippen LogP contribution in [0, 0.1) is 5.92 Å². The highest BCUT2D eigenvalue weighted by atomic mass is 16.5. The molecule has 1 aliphatic rings. The number of rotatable bonds is 7. The van der Waals surface area contributed by atoms with E-state index in [4.69, 9.17) is 4.74 Å². The smallest absolute Gasteiger partial charge is 0.119 e. The van der Waals surface area contributed by atoms with Crippen LogP contribution in [-0.2, 0) is 6.54 Å². The second-order valence-corrected chi connectivity index (χ2v) is 6.49. The number of hydrogen-bond donors (Lipinski definition) is 2. The number of hydrogen-bond acceptors (Lipinski definition) is 3. The molecule has 1 aromatic rings. The van der Waals surface area contributed by atoms with Gasteiger partial charge in [0, 0.05) is 12.1 Å². The summed E-state index contributed by atoms with van der Waals surface area (Å²) in [6.07, 6.45) is 5.67. The van der Waals surface area contributed by atoms with E-state index in [1.54, 1.807) is 0 Å². The second kappa shape index (κ2) is 7.81. The number of aliphatic hydroxyl groups is 1. The fourth-order valence-electron chi connectivity index (χ4n) is 3.23. The highest BCUT2D eigenvalue weighted by molar-refractivity contribution is 5.27. The molecule has 2 unspecified atom stereocenters. The molecule has 0 aromatic heterocycles. The van der Waals surface area contributed by atoms with Gasteiger partial charge in [-0.3, -0.25) is 0 Å². The van der Waals surface area contributed by atoms with Crippen molar-refractivity contribution >= 4 is 0 Å². The van der Waals surface area contributed by atoms with Gasteiger partial charge in [-0.15, -0.1) is 0 Å². The van der Waals surface area contributed by atoms with Crippen LogP contribution in [-0.4, -0.2) is 23.9 Å². The molecule has 3 heteroatoms. The standard InChI is InChI=1S/C18H29NO2/c1-3-11-21-17-8-6-16(7-9-17)13-19-18(14-20)10-4-5-15(2)12-18/h6-9,15,19-20H,3-5,10-14H2,1-2H3. The zero-order valence-electron chi connectivity index (χ0n) is 13.4. The molecule has 0 bridgehead atoms. The molecule has 1 aliphatic carbocycles. The van der Waals surface area contributed by atoms with Crippen molar-refractivity contribution in [2.75, 3.05) is 13.2 Å². The van der Waals surface area contributed by atoms with Crippen LogP contribution in [0.25, 0.3) is 0 Å². The Labute approximate surface area is 128 Å². The SMILES string of the molecule is CCCOc1ccc(CNC2(CO)CCCC(C)C2)cc1. The Kier molecular flexibility index (Phi) is 6.07. The van der Waals surface area contributed by atoms with Crippen molar-refractivity contribution < 1.29 is 9.84 Å². The van der Waals surface area contributed by atoms with Crippen molar-refractivity contribution in [1.82, 2.24) is 5.32 Å². The Morgan fingerprint density at radius 3 is 2.71 bits per heavy atom. The van der Waals surface area contributed by atoms with Gasteiger partial charge in [0.05, 0.1) is 13.2 Å². The molecule has 0 heterocycles. The highest BCUT2D eigenvalue weighted by Crippen LogP contribution is 2.32. The van der Waals surface area contributed by atoms with Gasteiger partial charge in [0.2, 0.25) is 0 Å². The van der Waals surface area contributed by atoms with Crippen LogP contribution in [0.5, 0.6) is 5.75 Å². The van der Waals surface area contributed by atoms with E-state index in [1.807, 2.05) is 12.1 Å². The fourth-order valence-corrected chi connectivity index (χ4v) is 3.23. The van der Waals surface area contributed by atoms with Crippen LogP contribution in [0.2, 0.25) is 0 Å². The van der Waals surface area contributed by atoms with Gasteiger partial charge in [0.25, 0.3) is 0 Å². The molecule has 1 saturated carbocycles. The molecule has 0 amide bonds. The quantitative estimate of drug-likeness (QED) is 0.808. The first-order valence-corrected chi connectivity index (χ1v) is 8.25. The number of nitrogens with one attached hydrogen (secondary N) is 1. The first-order chi connectivity index (χ1) is 10.2. The lowest BCUT2D eigenvalue weighted by molar-refractivity contribution is 0.0982. The molecule has 3 nitrogen and oxygen atoms in total. The van der Waals surface area contributed by atoms with Gasteiger partial charge >= 0.3 is 0 Å². The second-order valence-electron chi connectivity index (χ2n) is 6.49. The van der Waals surface area contributed by atoms with Gasteiger partial charge in [-0.25, -0.2) is 0 Å². The lowest BCUT2D eigenvalue weighted by Gasteiger charge is -2.39. The first kappa shape index (κ1) is 16.3. The number of benzene rings is 1. The minimum absolute atomic E-state index is 0.0882. The minimum atomic E-state index is -0.0882. The first-order valence-electron chi connectivity index (χ1n) is 8.25. The molecule has 0 radical (unpaired) electrons. The number of aliphatic hydroxyl groups excluding tert-OH is 1. The van der Waals surface area contributed by atoms with Gasteiger partial charge in [-0.1, -0.05) is 38.8 Å². The van der Waals surface area contributed by atoms with E-state index < -0.39 is 0 Å². The maximum Gasteiger partial charge on any atom is 0.119 e. The minimum Gasteiger partial charge on any atom is -0.494 e. The van der Waals surface area contributed by atoms with E-state index in [9.17, 15) is 5.11 Å². The van der Waals surface area contributed by atoms with E-state index in [0.717, 1.165) is 38.2 Å². The summed E-state index contributed by atoms with van der Waals surface area (Å²) in [4.78, 5) is 0. The van der Waals surface area contributed by atoms with E-state index >= 15 is 0 Å². The Hall–Kier alpha value is -1.06. The van der Waals surface area contributed by atoms with Gasteiger partial charge < -0.3 is 15.2 Å². The average molecular weight is 291 g/mol. The normalized spacial score (nSPS) is 25.8. The zero-order valence-corrected chi connectivity index (χ0v) is 13.4. The van der Waals surface area contributed by atoms with Crippen molar-refractivity contribution in [3.8, 4) is 5.75 Å². The van der Waals surface area contributed by atoms with Crippen molar-refractivity contribution in [1.29, 1.82) is 0 Å². The third kappa shape index (κ3) is 4.72. The van der Waals surface area contributed by atoms with Crippen molar-refractivity contribution in [2.45, 2.75) is 58.0 Å². The van der Waals surface area contributed by atoms with Gasteiger partial charge in [-0.2, -0.15) is 0 Å². The van der Waals surface area contributed by atoms with Crippen LogP contribution in [0.1, 0.15) is 51.5 Å². The summed E-state index contributed by atoms with van der Waals surface area (Å²) in [5.41, 5.74) is 1.15. The molecule has 21 heavy (non-hydrogen) atoms. The van der Waals surface area contributed by atoms with Crippen LogP contribution in [0.3, 0.4) is 0 Å². The predicted octanol–water partition coefficient (Wildman–Crippen LogP) is 3.51. The van der Waals surface area contributed by atoms with Gasteiger partial charge in [0.15, 0.2) is 0 Å². The Bertz CT molecular complexity index is 418. The molecule has 2 atom stereocenters. The van der Waals surface area contributed by atoms with Crippen molar-refractivity contribution in [3.05, 3.63) is 29.8 Å². The summed E-state index contributed by atoms with van der Waals surface area (Å²) < 4.78 is 5.60. The van der Waals surface area contributed by atoms with Crippen LogP contribution in [0.15, 0.2) is 24.3 Å². The van der Waals surface area contributed by atoms with Crippen LogP contribution >= 0.6 is 0 Å². The summed E-state index contributed by atoms with van der Waals surface area (Å²) in [7, 11) is 0.